The Morgan fingerprint density at radius 2 is 1.88 bits per heavy atom. The zero-order chi connectivity index (χ0) is 23.7. The van der Waals surface area contributed by atoms with Gasteiger partial charge in [-0.25, -0.2) is 4.39 Å². The summed E-state index contributed by atoms with van der Waals surface area (Å²) in [5, 5.41) is 4.71. The molecule has 5 aromatic rings. The van der Waals surface area contributed by atoms with E-state index in [4.69, 9.17) is 9.15 Å². The number of fused-ring (bicyclic) bond motifs is 2. The molecule has 3 aromatic carbocycles. The maximum atomic E-state index is 13.4. The number of methoxy groups -OCH3 is 1. The highest BCUT2D eigenvalue weighted by atomic mass is 19.1. The molecule has 2 heterocycles. The van der Waals surface area contributed by atoms with E-state index < -0.39 is 0 Å². The quantitative estimate of drug-likeness (QED) is 0.297. The van der Waals surface area contributed by atoms with Crippen molar-refractivity contribution in [2.45, 2.75) is 6.92 Å². The minimum Gasteiger partial charge on any atom is -0.496 e. The molecule has 0 unspecified atom stereocenters. The Balaban J connectivity index is 1.51. The molecular formula is C28H21FN2O3. The number of rotatable bonds is 5. The van der Waals surface area contributed by atoms with Crippen LogP contribution < -0.4 is 10.1 Å². The summed E-state index contributed by atoms with van der Waals surface area (Å²) >= 11 is 0. The van der Waals surface area contributed by atoms with Crippen molar-refractivity contribution in [2.24, 2.45) is 0 Å². The highest BCUT2D eigenvalue weighted by molar-refractivity contribution is 6.08. The summed E-state index contributed by atoms with van der Waals surface area (Å²) < 4.78 is 24.7. The van der Waals surface area contributed by atoms with Crippen LogP contribution in [0.3, 0.4) is 0 Å². The fourth-order valence-electron chi connectivity index (χ4n) is 4.03. The number of halogens is 1. The maximum Gasteiger partial charge on any atom is 0.248 e. The molecule has 1 N–H and O–H groups in total. The molecule has 0 radical (unpaired) electrons. The zero-order valence-electron chi connectivity index (χ0n) is 18.6. The minimum atomic E-state index is -0.301. The van der Waals surface area contributed by atoms with Crippen molar-refractivity contribution in [3.05, 3.63) is 96.6 Å². The van der Waals surface area contributed by atoms with Crippen LogP contribution in [0.4, 0.5) is 10.1 Å². The van der Waals surface area contributed by atoms with Gasteiger partial charge in [-0.15, -0.1) is 0 Å². The van der Waals surface area contributed by atoms with Crippen molar-refractivity contribution >= 4 is 39.0 Å². The maximum absolute atomic E-state index is 13.4. The average molecular weight is 452 g/mol. The molecule has 6 heteroatoms. The lowest BCUT2D eigenvalue weighted by molar-refractivity contribution is -0.111. The third-order valence-corrected chi connectivity index (χ3v) is 5.71. The first kappa shape index (κ1) is 21.4. The van der Waals surface area contributed by atoms with Gasteiger partial charge in [0.1, 0.15) is 17.1 Å². The molecule has 1 amide bonds. The molecule has 5 nitrogen and oxygen atoms in total. The van der Waals surface area contributed by atoms with E-state index >= 15 is 0 Å². The summed E-state index contributed by atoms with van der Waals surface area (Å²) in [5.74, 6) is 0.00901. The van der Waals surface area contributed by atoms with Crippen LogP contribution in [0.2, 0.25) is 0 Å². The standard InChI is InChI=1S/C28H21FN2O3/c1-17(13-27(32)31-24-7-3-5-19-6-4-12-30-28(19)24)21-14-22-23(18-8-10-20(29)11-9-18)16-34-26(22)15-25(21)33-2/h3-16H,1-2H3,(H,31,32)/b17-13+. The molecular weight excluding hydrogens is 431 g/mol. The third kappa shape index (κ3) is 4.01. The number of hydrogen-bond acceptors (Lipinski definition) is 4. The molecule has 0 bridgehead atoms. The third-order valence-electron chi connectivity index (χ3n) is 5.71. The molecule has 0 saturated carbocycles. The highest BCUT2D eigenvalue weighted by Gasteiger charge is 2.15. The monoisotopic (exact) mass is 452 g/mol. The number of anilines is 1. The number of hydrogen-bond donors (Lipinski definition) is 1. The van der Waals surface area contributed by atoms with E-state index in [-0.39, 0.29) is 11.7 Å². The van der Waals surface area contributed by atoms with Gasteiger partial charge in [0.2, 0.25) is 5.91 Å². The number of allylic oxidation sites excluding steroid dienone is 1. The molecule has 0 aliphatic heterocycles. The summed E-state index contributed by atoms with van der Waals surface area (Å²) in [6, 6.07) is 19.4. The predicted molar refractivity (Wildman–Crippen MR) is 132 cm³/mol. The number of benzene rings is 3. The van der Waals surface area contributed by atoms with Crippen molar-refractivity contribution < 1.29 is 18.3 Å². The number of nitrogens with zero attached hydrogens (tertiary/aromatic N) is 1. The number of furan rings is 1. The van der Waals surface area contributed by atoms with E-state index in [1.807, 2.05) is 43.3 Å². The molecule has 2 aromatic heterocycles. The fourth-order valence-corrected chi connectivity index (χ4v) is 4.03. The molecule has 0 spiro atoms. The smallest absolute Gasteiger partial charge is 0.248 e. The van der Waals surface area contributed by atoms with Gasteiger partial charge in [-0.2, -0.15) is 0 Å². The minimum absolute atomic E-state index is 0.274. The predicted octanol–water partition coefficient (Wildman–Crippen LogP) is 6.84. The van der Waals surface area contributed by atoms with E-state index in [9.17, 15) is 9.18 Å². The van der Waals surface area contributed by atoms with Gasteiger partial charge in [-0.1, -0.05) is 30.3 Å². The van der Waals surface area contributed by atoms with E-state index in [2.05, 4.69) is 10.3 Å². The van der Waals surface area contributed by atoms with Crippen LogP contribution in [0.15, 0.2) is 89.7 Å². The van der Waals surface area contributed by atoms with Gasteiger partial charge in [-0.3, -0.25) is 9.78 Å². The van der Waals surface area contributed by atoms with Crippen molar-refractivity contribution in [1.29, 1.82) is 0 Å². The molecule has 0 aliphatic carbocycles. The first-order valence-corrected chi connectivity index (χ1v) is 10.7. The SMILES string of the molecule is COc1cc2occ(-c3ccc(F)cc3)c2cc1/C(C)=C/C(=O)Nc1cccc2cccnc12. The summed E-state index contributed by atoms with van der Waals surface area (Å²) in [7, 11) is 1.57. The van der Waals surface area contributed by atoms with Gasteiger partial charge in [0, 0.05) is 40.2 Å². The van der Waals surface area contributed by atoms with Crippen LogP contribution in [0.25, 0.3) is 38.6 Å². The van der Waals surface area contributed by atoms with E-state index in [0.717, 1.165) is 38.6 Å². The second-order valence-corrected chi connectivity index (χ2v) is 7.90. The number of amides is 1. The van der Waals surface area contributed by atoms with Gasteiger partial charge in [0.25, 0.3) is 0 Å². The molecule has 168 valence electrons. The van der Waals surface area contributed by atoms with Crippen LogP contribution in [0.5, 0.6) is 5.75 Å². The summed E-state index contributed by atoms with van der Waals surface area (Å²) in [5.41, 5.74) is 5.14. The Bertz CT molecular complexity index is 1550. The lowest BCUT2D eigenvalue weighted by atomic mass is 9.99. The van der Waals surface area contributed by atoms with Gasteiger partial charge in [-0.05, 0) is 48.4 Å². The zero-order valence-corrected chi connectivity index (χ0v) is 18.6. The lowest BCUT2D eigenvalue weighted by Gasteiger charge is -2.11. The van der Waals surface area contributed by atoms with E-state index in [0.29, 0.717) is 17.0 Å². The van der Waals surface area contributed by atoms with Crippen LogP contribution in [-0.2, 0) is 4.79 Å². The topological polar surface area (TPSA) is 64.4 Å². The van der Waals surface area contributed by atoms with E-state index in [1.165, 1.54) is 18.2 Å². The fraction of sp³-hybridized carbons (Fsp3) is 0.0714. The van der Waals surface area contributed by atoms with Crippen molar-refractivity contribution in [1.82, 2.24) is 4.98 Å². The first-order chi connectivity index (χ1) is 16.5. The number of pyridine rings is 1. The molecule has 5 rings (SSSR count). The normalized spacial score (nSPS) is 11.7. The Kier molecular flexibility index (Phi) is 5.55. The van der Waals surface area contributed by atoms with Crippen LogP contribution >= 0.6 is 0 Å². The molecule has 0 aliphatic rings. The molecule has 0 fully saturated rings. The van der Waals surface area contributed by atoms with E-state index in [1.54, 1.807) is 37.8 Å². The molecule has 0 atom stereocenters. The van der Waals surface area contributed by atoms with Crippen LogP contribution in [0, 0.1) is 5.82 Å². The van der Waals surface area contributed by atoms with Crippen molar-refractivity contribution in [2.75, 3.05) is 12.4 Å². The van der Waals surface area contributed by atoms with Crippen LogP contribution in [-0.4, -0.2) is 18.0 Å². The Hall–Kier alpha value is -4.45. The van der Waals surface area contributed by atoms with Gasteiger partial charge in [0.15, 0.2) is 0 Å². The van der Waals surface area contributed by atoms with Crippen molar-refractivity contribution in [3.63, 3.8) is 0 Å². The second kappa shape index (κ2) is 8.83. The summed E-state index contributed by atoms with van der Waals surface area (Å²) in [6.45, 7) is 1.85. The number of ether oxygens (including phenoxy) is 1. The number of carbonyl (C=O) groups is 1. The highest BCUT2D eigenvalue weighted by Crippen LogP contribution is 2.37. The summed E-state index contributed by atoms with van der Waals surface area (Å²) in [4.78, 5) is 17.2. The largest absolute Gasteiger partial charge is 0.496 e. The number of aromatic nitrogens is 1. The molecule has 0 saturated heterocycles. The number of para-hydroxylation sites is 1. The first-order valence-electron chi connectivity index (χ1n) is 10.7. The molecule has 34 heavy (non-hydrogen) atoms. The summed E-state index contributed by atoms with van der Waals surface area (Å²) in [6.07, 6.45) is 4.87. The van der Waals surface area contributed by atoms with Crippen molar-refractivity contribution in [3.8, 4) is 16.9 Å². The second-order valence-electron chi connectivity index (χ2n) is 7.90. The van der Waals surface area contributed by atoms with Gasteiger partial charge < -0.3 is 14.5 Å². The van der Waals surface area contributed by atoms with Gasteiger partial charge >= 0.3 is 0 Å². The number of nitrogens with one attached hydrogen (secondary N) is 1. The Morgan fingerprint density at radius 3 is 2.68 bits per heavy atom. The Labute approximate surface area is 195 Å². The lowest BCUT2D eigenvalue weighted by Crippen LogP contribution is -2.09. The van der Waals surface area contributed by atoms with Gasteiger partial charge in [0.05, 0.1) is 24.6 Å². The van der Waals surface area contributed by atoms with Crippen LogP contribution in [0.1, 0.15) is 12.5 Å². The average Bonchev–Trinajstić information content (AvgIpc) is 3.26. The Morgan fingerprint density at radius 1 is 1.09 bits per heavy atom. The number of carbonyl (C=O) groups excluding carboxylic acids is 1.